The molecule has 2 aromatic rings. The van der Waals surface area contributed by atoms with Crippen LogP contribution in [0.5, 0.6) is 0 Å². The largest absolute Gasteiger partial charge is 0.322 e. The van der Waals surface area contributed by atoms with Crippen molar-refractivity contribution in [1.82, 2.24) is 14.8 Å². The van der Waals surface area contributed by atoms with Gasteiger partial charge in [0.1, 0.15) is 0 Å². The predicted molar refractivity (Wildman–Crippen MR) is 91.3 cm³/mol. The van der Waals surface area contributed by atoms with E-state index in [0.717, 1.165) is 29.6 Å². The first-order chi connectivity index (χ1) is 10.6. The first-order valence-electron chi connectivity index (χ1n) is 8.15. The number of aromatic amines is 1. The van der Waals surface area contributed by atoms with Gasteiger partial charge in [-0.05, 0) is 63.0 Å². The van der Waals surface area contributed by atoms with Gasteiger partial charge in [-0.15, -0.1) is 0 Å². The van der Waals surface area contributed by atoms with Crippen LogP contribution in [0.4, 0.5) is 0 Å². The fourth-order valence-corrected chi connectivity index (χ4v) is 3.17. The third kappa shape index (κ3) is 3.57. The summed E-state index contributed by atoms with van der Waals surface area (Å²) in [7, 11) is 2.09. The summed E-state index contributed by atoms with van der Waals surface area (Å²) in [5.41, 5.74) is 2.97. The van der Waals surface area contributed by atoms with Gasteiger partial charge in [0.2, 0.25) is 0 Å². The Kier molecular flexibility index (Phi) is 4.60. The molecule has 118 valence electrons. The fraction of sp³-hybridized carbons (Fsp3) is 0.500. The van der Waals surface area contributed by atoms with Gasteiger partial charge >= 0.3 is 0 Å². The molecule has 1 N–H and O–H groups in total. The van der Waals surface area contributed by atoms with Crippen LogP contribution in [0, 0.1) is 6.92 Å². The standard InChI is InChI=1S/C18H25N3O/c1-14-5-6-15-12-16(18(22)19-17(15)11-14)13-20(2)9-10-21-7-3-4-8-21/h5-6,11-12H,3-4,7-10,13H2,1-2H3,(H,19,22). The molecule has 0 saturated carbocycles. The van der Waals surface area contributed by atoms with Gasteiger partial charge in [-0.2, -0.15) is 0 Å². The van der Waals surface area contributed by atoms with Gasteiger partial charge in [-0.25, -0.2) is 0 Å². The molecule has 3 rings (SSSR count). The lowest BCUT2D eigenvalue weighted by Gasteiger charge is -2.21. The topological polar surface area (TPSA) is 39.3 Å². The van der Waals surface area contributed by atoms with Crippen LogP contribution in [0.2, 0.25) is 0 Å². The summed E-state index contributed by atoms with van der Waals surface area (Å²) in [6.07, 6.45) is 2.65. The minimum absolute atomic E-state index is 0.0334. The first-order valence-corrected chi connectivity index (χ1v) is 8.15. The highest BCUT2D eigenvalue weighted by molar-refractivity contribution is 5.79. The molecule has 22 heavy (non-hydrogen) atoms. The smallest absolute Gasteiger partial charge is 0.252 e. The predicted octanol–water partition coefficient (Wildman–Crippen LogP) is 2.36. The Morgan fingerprint density at radius 3 is 2.77 bits per heavy atom. The van der Waals surface area contributed by atoms with Crippen molar-refractivity contribution in [1.29, 1.82) is 0 Å². The highest BCUT2D eigenvalue weighted by atomic mass is 16.1. The average molecular weight is 299 g/mol. The number of nitrogens with zero attached hydrogens (tertiary/aromatic N) is 2. The number of aromatic nitrogens is 1. The minimum Gasteiger partial charge on any atom is -0.322 e. The number of rotatable bonds is 5. The maximum absolute atomic E-state index is 12.2. The molecular formula is C18H25N3O. The Bertz CT molecular complexity index is 701. The van der Waals surface area contributed by atoms with Crippen LogP contribution in [0.15, 0.2) is 29.1 Å². The van der Waals surface area contributed by atoms with Crippen molar-refractivity contribution in [2.24, 2.45) is 0 Å². The average Bonchev–Trinajstić information content (AvgIpc) is 2.99. The summed E-state index contributed by atoms with van der Waals surface area (Å²) in [6, 6.07) is 8.22. The van der Waals surface area contributed by atoms with Gasteiger partial charge in [-0.3, -0.25) is 4.79 Å². The van der Waals surface area contributed by atoms with Gasteiger partial charge in [0.05, 0.1) is 0 Å². The van der Waals surface area contributed by atoms with Crippen molar-refractivity contribution in [3.63, 3.8) is 0 Å². The lowest BCUT2D eigenvalue weighted by molar-refractivity contribution is 0.252. The Morgan fingerprint density at radius 1 is 1.23 bits per heavy atom. The Labute approximate surface area is 131 Å². The first kappa shape index (κ1) is 15.3. The van der Waals surface area contributed by atoms with Crippen molar-refractivity contribution in [3.05, 3.63) is 45.7 Å². The van der Waals surface area contributed by atoms with Gasteiger partial charge in [0.15, 0.2) is 0 Å². The zero-order valence-corrected chi connectivity index (χ0v) is 13.6. The normalized spacial score (nSPS) is 16.0. The second-order valence-electron chi connectivity index (χ2n) is 6.50. The summed E-state index contributed by atoms with van der Waals surface area (Å²) in [5.74, 6) is 0. The van der Waals surface area contributed by atoms with Crippen LogP contribution >= 0.6 is 0 Å². The van der Waals surface area contributed by atoms with Crippen LogP contribution in [-0.2, 0) is 6.54 Å². The van der Waals surface area contributed by atoms with E-state index in [4.69, 9.17) is 0 Å². The molecule has 4 nitrogen and oxygen atoms in total. The molecule has 1 aliphatic heterocycles. The van der Waals surface area contributed by atoms with Crippen molar-refractivity contribution < 1.29 is 0 Å². The van der Waals surface area contributed by atoms with Gasteiger partial charge in [0.25, 0.3) is 5.56 Å². The third-order valence-electron chi connectivity index (χ3n) is 4.52. The second-order valence-corrected chi connectivity index (χ2v) is 6.50. The van der Waals surface area contributed by atoms with E-state index in [2.05, 4.69) is 34.0 Å². The monoisotopic (exact) mass is 299 g/mol. The molecule has 0 atom stereocenters. The number of H-pyrrole nitrogens is 1. The zero-order chi connectivity index (χ0) is 15.5. The Balaban J connectivity index is 1.68. The molecule has 0 unspecified atom stereocenters. The van der Waals surface area contributed by atoms with Crippen LogP contribution < -0.4 is 5.56 Å². The summed E-state index contributed by atoms with van der Waals surface area (Å²) in [6.45, 7) is 7.30. The van der Waals surface area contributed by atoms with Crippen LogP contribution in [-0.4, -0.2) is 48.0 Å². The number of hydrogen-bond acceptors (Lipinski definition) is 3. The molecule has 0 aliphatic carbocycles. The number of benzene rings is 1. The molecule has 0 spiro atoms. The fourth-order valence-electron chi connectivity index (χ4n) is 3.17. The molecular weight excluding hydrogens is 274 g/mol. The maximum Gasteiger partial charge on any atom is 0.252 e. The Hall–Kier alpha value is -1.65. The number of aryl methyl sites for hydroxylation is 1. The van der Waals surface area contributed by atoms with E-state index in [9.17, 15) is 4.79 Å². The van der Waals surface area contributed by atoms with Gasteiger partial charge in [0, 0.05) is 30.7 Å². The van der Waals surface area contributed by atoms with E-state index in [0.29, 0.717) is 6.54 Å². The molecule has 4 heteroatoms. The summed E-state index contributed by atoms with van der Waals surface area (Å²) >= 11 is 0. The number of likely N-dealkylation sites (N-methyl/N-ethyl adjacent to an activating group) is 1. The zero-order valence-electron chi connectivity index (χ0n) is 13.6. The van der Waals surface area contributed by atoms with Crippen LogP contribution in [0.25, 0.3) is 10.9 Å². The molecule has 0 bridgehead atoms. The highest BCUT2D eigenvalue weighted by Crippen LogP contribution is 2.14. The molecule has 2 heterocycles. The van der Waals surface area contributed by atoms with Crippen molar-refractivity contribution in [3.8, 4) is 0 Å². The number of pyridine rings is 1. The number of likely N-dealkylation sites (tertiary alicyclic amines) is 1. The van der Waals surface area contributed by atoms with E-state index >= 15 is 0 Å². The van der Waals surface area contributed by atoms with E-state index in [-0.39, 0.29) is 5.56 Å². The van der Waals surface area contributed by atoms with Crippen molar-refractivity contribution in [2.45, 2.75) is 26.3 Å². The molecule has 1 aromatic heterocycles. The molecule has 1 saturated heterocycles. The summed E-state index contributed by atoms with van der Waals surface area (Å²) < 4.78 is 0. The lowest BCUT2D eigenvalue weighted by Crippen LogP contribution is -2.32. The SMILES string of the molecule is Cc1ccc2cc(CN(C)CCN3CCCC3)c(=O)[nH]c2c1. The maximum atomic E-state index is 12.2. The van der Waals surface area contributed by atoms with Crippen LogP contribution in [0.1, 0.15) is 24.0 Å². The lowest BCUT2D eigenvalue weighted by atomic mass is 10.1. The van der Waals surface area contributed by atoms with Gasteiger partial charge in [-0.1, -0.05) is 12.1 Å². The van der Waals surface area contributed by atoms with Gasteiger partial charge < -0.3 is 14.8 Å². The van der Waals surface area contributed by atoms with E-state index in [1.165, 1.54) is 31.5 Å². The molecule has 0 radical (unpaired) electrons. The van der Waals surface area contributed by atoms with E-state index in [1.54, 1.807) is 0 Å². The van der Waals surface area contributed by atoms with Crippen molar-refractivity contribution in [2.75, 3.05) is 33.2 Å². The third-order valence-corrected chi connectivity index (χ3v) is 4.52. The Morgan fingerprint density at radius 2 is 2.00 bits per heavy atom. The minimum atomic E-state index is 0.0334. The molecule has 1 aromatic carbocycles. The summed E-state index contributed by atoms with van der Waals surface area (Å²) in [5, 5.41) is 1.10. The van der Waals surface area contributed by atoms with E-state index < -0.39 is 0 Å². The van der Waals surface area contributed by atoms with E-state index in [1.807, 2.05) is 19.1 Å². The van der Waals surface area contributed by atoms with Crippen molar-refractivity contribution >= 4 is 10.9 Å². The summed E-state index contributed by atoms with van der Waals surface area (Å²) in [4.78, 5) is 20.0. The molecule has 1 fully saturated rings. The molecule has 1 aliphatic rings. The quantitative estimate of drug-likeness (QED) is 0.921. The molecule has 0 amide bonds. The number of nitrogens with one attached hydrogen (secondary N) is 1. The second kappa shape index (κ2) is 6.63. The number of hydrogen-bond donors (Lipinski definition) is 1. The van der Waals surface area contributed by atoms with Crippen LogP contribution in [0.3, 0.4) is 0 Å². The highest BCUT2D eigenvalue weighted by Gasteiger charge is 2.12. The number of fused-ring (bicyclic) bond motifs is 1.